The fourth-order valence-electron chi connectivity index (χ4n) is 2.72. The van der Waals surface area contributed by atoms with Crippen LogP contribution in [0.25, 0.3) is 11.1 Å². The van der Waals surface area contributed by atoms with Crippen LogP contribution in [-0.4, -0.2) is 28.0 Å². The second-order valence-corrected chi connectivity index (χ2v) is 7.39. The van der Waals surface area contributed by atoms with Crippen molar-refractivity contribution in [3.05, 3.63) is 60.0 Å². The van der Waals surface area contributed by atoms with Crippen molar-refractivity contribution >= 4 is 39.3 Å². The van der Waals surface area contributed by atoms with E-state index in [4.69, 9.17) is 4.42 Å². The average molecular weight is 366 g/mol. The second-order valence-electron chi connectivity index (χ2n) is 6.10. The standard InChI is InChI=1S/C9H9N.C8H7NO.C4H7NS/c1-7-6-8-4-2-3-5-9(8)10-7;1-6-9-7-4-2-3-5-8(7)10-6;1-4-5-2-3-6-4/h2-5H,6H2,1H3;2-5H,1H3;2-3H2,1H3. The van der Waals surface area contributed by atoms with Gasteiger partial charge < -0.3 is 4.42 Å². The molecular formula is C21H23N3OS. The molecule has 0 bridgehead atoms. The number of aromatic nitrogens is 1. The summed E-state index contributed by atoms with van der Waals surface area (Å²) in [5.41, 5.74) is 5.53. The van der Waals surface area contributed by atoms with E-state index in [2.05, 4.69) is 47.0 Å². The molecule has 0 saturated heterocycles. The molecule has 2 aliphatic rings. The summed E-state index contributed by atoms with van der Waals surface area (Å²) in [6, 6.07) is 16.0. The Balaban J connectivity index is 0.000000117. The van der Waals surface area contributed by atoms with Crippen LogP contribution in [-0.2, 0) is 6.42 Å². The number of oxazole rings is 1. The van der Waals surface area contributed by atoms with Crippen LogP contribution in [0.4, 0.5) is 5.69 Å². The van der Waals surface area contributed by atoms with Gasteiger partial charge in [-0.1, -0.05) is 30.3 Å². The summed E-state index contributed by atoms with van der Waals surface area (Å²) < 4.78 is 5.26. The summed E-state index contributed by atoms with van der Waals surface area (Å²) >= 11 is 1.85. The van der Waals surface area contributed by atoms with E-state index in [0.29, 0.717) is 0 Å². The fourth-order valence-corrected chi connectivity index (χ4v) is 3.38. The quantitative estimate of drug-likeness (QED) is 0.519. The van der Waals surface area contributed by atoms with Crippen molar-refractivity contribution in [2.45, 2.75) is 27.2 Å². The molecule has 0 radical (unpaired) electrons. The van der Waals surface area contributed by atoms with Crippen LogP contribution in [0.5, 0.6) is 0 Å². The maximum Gasteiger partial charge on any atom is 0.192 e. The molecule has 5 heteroatoms. The Kier molecular flexibility index (Phi) is 6.23. The highest BCUT2D eigenvalue weighted by Crippen LogP contribution is 2.25. The molecule has 2 aliphatic heterocycles. The summed E-state index contributed by atoms with van der Waals surface area (Å²) in [4.78, 5) is 12.6. The van der Waals surface area contributed by atoms with Crippen molar-refractivity contribution in [3.63, 3.8) is 0 Å². The monoisotopic (exact) mass is 365 g/mol. The molecular weight excluding hydrogens is 342 g/mol. The zero-order valence-electron chi connectivity index (χ0n) is 15.4. The molecule has 1 aromatic heterocycles. The number of fused-ring (bicyclic) bond motifs is 2. The largest absolute Gasteiger partial charge is 0.441 e. The maximum atomic E-state index is 5.26. The molecule has 5 rings (SSSR count). The molecule has 0 amide bonds. The number of nitrogens with zero attached hydrogens (tertiary/aromatic N) is 3. The van der Waals surface area contributed by atoms with E-state index in [1.54, 1.807) is 0 Å². The fraction of sp³-hybridized carbons (Fsp3) is 0.286. The highest BCUT2D eigenvalue weighted by atomic mass is 32.2. The third-order valence-corrected chi connectivity index (χ3v) is 4.82. The van der Waals surface area contributed by atoms with Crippen LogP contribution < -0.4 is 0 Å². The lowest BCUT2D eigenvalue weighted by atomic mass is 10.1. The highest BCUT2D eigenvalue weighted by Gasteiger charge is 2.08. The Morgan fingerprint density at radius 2 is 1.73 bits per heavy atom. The summed E-state index contributed by atoms with van der Waals surface area (Å²) in [6.07, 6.45) is 1.04. The Morgan fingerprint density at radius 1 is 0.962 bits per heavy atom. The average Bonchev–Trinajstić information content (AvgIpc) is 3.33. The smallest absolute Gasteiger partial charge is 0.192 e. The normalized spacial score (nSPS) is 14.6. The molecule has 3 heterocycles. The van der Waals surface area contributed by atoms with Gasteiger partial charge in [0.25, 0.3) is 0 Å². The lowest BCUT2D eigenvalue weighted by Crippen LogP contribution is -1.87. The first-order valence-electron chi connectivity index (χ1n) is 8.70. The summed E-state index contributed by atoms with van der Waals surface area (Å²) in [5, 5.41) is 1.25. The van der Waals surface area contributed by atoms with Crippen LogP contribution in [0.15, 0.2) is 62.9 Å². The van der Waals surface area contributed by atoms with Gasteiger partial charge in [0.05, 0.1) is 10.7 Å². The van der Waals surface area contributed by atoms with Gasteiger partial charge in [0, 0.05) is 31.4 Å². The van der Waals surface area contributed by atoms with Gasteiger partial charge in [-0.25, -0.2) is 4.98 Å². The minimum atomic E-state index is 0.723. The van der Waals surface area contributed by atoms with E-state index in [-0.39, 0.29) is 0 Å². The van der Waals surface area contributed by atoms with E-state index in [0.717, 1.165) is 35.6 Å². The SMILES string of the molecule is CC1=NCCS1.CC1=Nc2ccccc2C1.Cc1nc2ccccc2o1. The molecule has 3 aromatic rings. The topological polar surface area (TPSA) is 50.8 Å². The summed E-state index contributed by atoms with van der Waals surface area (Å²) in [7, 11) is 0. The molecule has 0 saturated carbocycles. The van der Waals surface area contributed by atoms with E-state index in [1.165, 1.54) is 22.1 Å². The second kappa shape index (κ2) is 8.81. The number of benzene rings is 2. The third kappa shape index (κ3) is 5.05. The van der Waals surface area contributed by atoms with E-state index >= 15 is 0 Å². The van der Waals surface area contributed by atoms with Crippen molar-refractivity contribution in [1.29, 1.82) is 0 Å². The van der Waals surface area contributed by atoms with Gasteiger partial charge in [0.15, 0.2) is 11.5 Å². The summed E-state index contributed by atoms with van der Waals surface area (Å²) in [5.74, 6) is 1.92. The van der Waals surface area contributed by atoms with Crippen molar-refractivity contribution in [2.24, 2.45) is 9.98 Å². The van der Waals surface area contributed by atoms with Crippen molar-refractivity contribution < 1.29 is 4.42 Å². The Labute approximate surface area is 158 Å². The van der Waals surface area contributed by atoms with Crippen LogP contribution in [0.2, 0.25) is 0 Å². The lowest BCUT2D eigenvalue weighted by Gasteiger charge is -1.91. The molecule has 0 fully saturated rings. The maximum absolute atomic E-state index is 5.26. The van der Waals surface area contributed by atoms with Gasteiger partial charge in [-0.3, -0.25) is 9.98 Å². The first kappa shape index (κ1) is 18.4. The minimum Gasteiger partial charge on any atom is -0.441 e. The van der Waals surface area contributed by atoms with Crippen molar-refractivity contribution in [3.8, 4) is 0 Å². The Morgan fingerprint density at radius 3 is 2.38 bits per heavy atom. The number of aryl methyl sites for hydroxylation is 1. The van der Waals surface area contributed by atoms with Crippen LogP contribution >= 0.6 is 11.8 Å². The summed E-state index contributed by atoms with van der Waals surface area (Å²) in [6.45, 7) is 7.01. The third-order valence-electron chi connectivity index (χ3n) is 3.89. The first-order chi connectivity index (χ1) is 12.6. The van der Waals surface area contributed by atoms with Crippen molar-refractivity contribution in [1.82, 2.24) is 4.98 Å². The number of para-hydroxylation sites is 3. The molecule has 0 atom stereocenters. The van der Waals surface area contributed by atoms with Gasteiger partial charge in [0.1, 0.15) is 5.52 Å². The minimum absolute atomic E-state index is 0.723. The van der Waals surface area contributed by atoms with Gasteiger partial charge in [-0.05, 0) is 37.6 Å². The first-order valence-corrected chi connectivity index (χ1v) is 9.68. The van der Waals surface area contributed by atoms with Crippen LogP contribution in [0, 0.1) is 6.92 Å². The molecule has 0 spiro atoms. The number of thioether (sulfide) groups is 1. The zero-order chi connectivity index (χ0) is 18.4. The van der Waals surface area contributed by atoms with Crippen LogP contribution in [0.3, 0.4) is 0 Å². The molecule has 2 aromatic carbocycles. The van der Waals surface area contributed by atoms with Gasteiger partial charge in [-0.15, -0.1) is 11.8 Å². The van der Waals surface area contributed by atoms with E-state index < -0.39 is 0 Å². The Bertz CT molecular complexity index is 910. The number of hydrogen-bond donors (Lipinski definition) is 0. The number of hydrogen-bond acceptors (Lipinski definition) is 5. The van der Waals surface area contributed by atoms with E-state index in [1.807, 2.05) is 49.0 Å². The predicted molar refractivity (Wildman–Crippen MR) is 112 cm³/mol. The molecule has 4 nitrogen and oxygen atoms in total. The molecule has 0 unspecified atom stereocenters. The molecule has 0 aliphatic carbocycles. The van der Waals surface area contributed by atoms with Crippen LogP contribution in [0.1, 0.15) is 25.3 Å². The van der Waals surface area contributed by atoms with Gasteiger partial charge >= 0.3 is 0 Å². The zero-order valence-corrected chi connectivity index (χ0v) is 16.2. The van der Waals surface area contributed by atoms with Gasteiger partial charge in [0.2, 0.25) is 0 Å². The van der Waals surface area contributed by atoms with E-state index in [9.17, 15) is 0 Å². The highest BCUT2D eigenvalue weighted by molar-refractivity contribution is 8.14. The van der Waals surface area contributed by atoms with Crippen molar-refractivity contribution in [2.75, 3.05) is 12.3 Å². The Hall–Kier alpha value is -2.40. The lowest BCUT2D eigenvalue weighted by molar-refractivity contribution is 0.561. The molecule has 0 N–H and O–H groups in total. The van der Waals surface area contributed by atoms with Gasteiger partial charge in [-0.2, -0.15) is 0 Å². The molecule has 134 valence electrons. The number of aliphatic imine (C=N–C) groups is 2. The predicted octanol–water partition coefficient (Wildman–Crippen LogP) is 5.62. The molecule has 26 heavy (non-hydrogen) atoms. The number of rotatable bonds is 0.